The lowest BCUT2D eigenvalue weighted by atomic mass is 9.85. The largest absolute Gasteiger partial charge is 0.482 e. The van der Waals surface area contributed by atoms with E-state index in [1.54, 1.807) is 31.2 Å². The Hall–Kier alpha value is -1.79. The number of aliphatic carboxylic acids is 1. The molecule has 1 amide bonds. The number of hydrogen-bond donors (Lipinski definition) is 2. The van der Waals surface area contributed by atoms with Crippen LogP contribution in [-0.2, 0) is 14.3 Å². The van der Waals surface area contributed by atoms with Gasteiger partial charge in [0.1, 0.15) is 11.2 Å². The number of para-hydroxylation sites is 1. The van der Waals surface area contributed by atoms with Crippen molar-refractivity contribution in [2.45, 2.75) is 13.0 Å². The molecule has 2 atom stereocenters. The van der Waals surface area contributed by atoms with Gasteiger partial charge >= 0.3 is 5.97 Å². The highest BCUT2D eigenvalue weighted by molar-refractivity contribution is 6.32. The zero-order valence-corrected chi connectivity index (χ0v) is 12.2. The highest BCUT2D eigenvalue weighted by Crippen LogP contribution is 2.28. The zero-order valence-electron chi connectivity index (χ0n) is 11.5. The molecule has 114 valence electrons. The summed E-state index contributed by atoms with van der Waals surface area (Å²) in [4.78, 5) is 23.1. The van der Waals surface area contributed by atoms with Crippen LogP contribution in [0.15, 0.2) is 24.3 Å². The molecular weight excluding hydrogens is 298 g/mol. The molecule has 2 N–H and O–H groups in total. The van der Waals surface area contributed by atoms with Gasteiger partial charge in [-0.15, -0.1) is 0 Å². The van der Waals surface area contributed by atoms with Crippen molar-refractivity contribution >= 4 is 23.5 Å². The van der Waals surface area contributed by atoms with Gasteiger partial charge in [-0.25, -0.2) is 0 Å². The first-order chi connectivity index (χ1) is 9.93. The van der Waals surface area contributed by atoms with Crippen molar-refractivity contribution in [3.8, 4) is 5.75 Å². The summed E-state index contributed by atoms with van der Waals surface area (Å²) in [7, 11) is 0. The number of carboxylic acid groups (broad SMARTS) is 1. The van der Waals surface area contributed by atoms with Crippen LogP contribution in [0.3, 0.4) is 0 Å². The van der Waals surface area contributed by atoms with E-state index < -0.39 is 23.3 Å². The summed E-state index contributed by atoms with van der Waals surface area (Å²) < 4.78 is 10.5. The average Bonchev–Trinajstić information content (AvgIpc) is 2.81. The molecule has 0 saturated carbocycles. The molecule has 1 aromatic rings. The molecule has 1 aliphatic rings. The summed E-state index contributed by atoms with van der Waals surface area (Å²) in [5.74, 6) is -1.02. The zero-order chi connectivity index (χ0) is 15.5. The summed E-state index contributed by atoms with van der Waals surface area (Å²) in [5.41, 5.74) is -1.12. The fraction of sp³-hybridized carbons (Fsp3) is 0.429. The summed E-state index contributed by atoms with van der Waals surface area (Å²) in [6, 6.07) is 6.21. The SMILES string of the molecule is CC1(C(=O)O)COCC1NC(=O)COc1ccccc1Cl. The molecule has 2 unspecified atom stereocenters. The van der Waals surface area contributed by atoms with Crippen LogP contribution in [-0.4, -0.2) is 42.8 Å². The standard InChI is InChI=1S/C14H16ClNO5/c1-14(13(18)19)8-20-6-11(14)16-12(17)7-21-10-5-3-2-4-9(10)15/h2-5,11H,6-8H2,1H3,(H,16,17)(H,18,19). The Kier molecular flexibility index (Phi) is 4.69. The Bertz CT molecular complexity index is 550. The van der Waals surface area contributed by atoms with Gasteiger partial charge in [-0.1, -0.05) is 23.7 Å². The third-order valence-corrected chi connectivity index (χ3v) is 3.79. The molecule has 1 heterocycles. The minimum Gasteiger partial charge on any atom is -0.482 e. The Balaban J connectivity index is 1.90. The van der Waals surface area contributed by atoms with Crippen LogP contribution >= 0.6 is 11.6 Å². The van der Waals surface area contributed by atoms with Crippen LogP contribution in [0.5, 0.6) is 5.75 Å². The predicted molar refractivity (Wildman–Crippen MR) is 75.4 cm³/mol. The summed E-state index contributed by atoms with van der Waals surface area (Å²) >= 11 is 5.91. The molecule has 1 aliphatic heterocycles. The highest BCUT2D eigenvalue weighted by atomic mass is 35.5. The monoisotopic (exact) mass is 313 g/mol. The van der Waals surface area contributed by atoms with E-state index in [9.17, 15) is 14.7 Å². The van der Waals surface area contributed by atoms with Crippen molar-refractivity contribution in [2.24, 2.45) is 5.41 Å². The summed E-state index contributed by atoms with van der Waals surface area (Å²) in [6.45, 7) is 1.54. The van der Waals surface area contributed by atoms with E-state index in [0.717, 1.165) is 0 Å². The van der Waals surface area contributed by atoms with Gasteiger partial charge in [0.2, 0.25) is 0 Å². The van der Waals surface area contributed by atoms with Gasteiger partial charge in [0.05, 0.1) is 24.3 Å². The number of hydrogen-bond acceptors (Lipinski definition) is 4. The average molecular weight is 314 g/mol. The lowest BCUT2D eigenvalue weighted by Gasteiger charge is -2.25. The second-order valence-corrected chi connectivity index (χ2v) is 5.48. The van der Waals surface area contributed by atoms with Crippen LogP contribution < -0.4 is 10.1 Å². The van der Waals surface area contributed by atoms with Gasteiger partial charge < -0.3 is 19.9 Å². The Morgan fingerprint density at radius 3 is 2.90 bits per heavy atom. The molecule has 2 rings (SSSR count). The molecule has 1 fully saturated rings. The second kappa shape index (κ2) is 6.32. The maximum atomic E-state index is 11.9. The van der Waals surface area contributed by atoms with Crippen molar-refractivity contribution < 1.29 is 24.2 Å². The van der Waals surface area contributed by atoms with Crippen LogP contribution in [0.4, 0.5) is 0 Å². The fourth-order valence-corrected chi connectivity index (χ4v) is 2.22. The highest BCUT2D eigenvalue weighted by Gasteiger charge is 2.47. The smallest absolute Gasteiger partial charge is 0.313 e. The topological polar surface area (TPSA) is 84.9 Å². The van der Waals surface area contributed by atoms with E-state index in [2.05, 4.69) is 5.32 Å². The third-order valence-electron chi connectivity index (χ3n) is 3.47. The van der Waals surface area contributed by atoms with Crippen LogP contribution in [0, 0.1) is 5.41 Å². The molecule has 6 nitrogen and oxygen atoms in total. The number of carbonyl (C=O) groups is 2. The lowest BCUT2D eigenvalue weighted by Crippen LogP contribution is -2.50. The van der Waals surface area contributed by atoms with Crippen molar-refractivity contribution in [3.63, 3.8) is 0 Å². The number of halogens is 1. The molecule has 0 radical (unpaired) electrons. The van der Waals surface area contributed by atoms with Gasteiger partial charge in [0.25, 0.3) is 5.91 Å². The lowest BCUT2D eigenvalue weighted by molar-refractivity contribution is -0.149. The van der Waals surface area contributed by atoms with Crippen LogP contribution in [0.1, 0.15) is 6.92 Å². The first kappa shape index (κ1) is 15.6. The molecule has 0 spiro atoms. The van der Waals surface area contributed by atoms with Gasteiger partial charge in [-0.05, 0) is 19.1 Å². The summed E-state index contributed by atoms with van der Waals surface area (Å²) in [5, 5.41) is 12.3. The van der Waals surface area contributed by atoms with Crippen molar-refractivity contribution in [2.75, 3.05) is 19.8 Å². The Labute approximate surface area is 127 Å². The number of nitrogens with one attached hydrogen (secondary N) is 1. The summed E-state index contributed by atoms with van der Waals surface area (Å²) in [6.07, 6.45) is 0. The minimum absolute atomic E-state index is 0.0681. The Morgan fingerprint density at radius 1 is 1.52 bits per heavy atom. The molecule has 1 saturated heterocycles. The maximum Gasteiger partial charge on any atom is 0.313 e. The number of carboxylic acids is 1. The van der Waals surface area contributed by atoms with Gasteiger partial charge in [0, 0.05) is 0 Å². The number of benzene rings is 1. The van der Waals surface area contributed by atoms with E-state index in [-0.39, 0.29) is 19.8 Å². The maximum absolute atomic E-state index is 11.9. The second-order valence-electron chi connectivity index (χ2n) is 5.08. The number of ether oxygens (including phenoxy) is 2. The van der Waals surface area contributed by atoms with Gasteiger partial charge in [-0.3, -0.25) is 9.59 Å². The number of amides is 1. The first-order valence-corrected chi connectivity index (χ1v) is 6.79. The number of rotatable bonds is 5. The van der Waals surface area contributed by atoms with Crippen LogP contribution in [0.2, 0.25) is 5.02 Å². The van der Waals surface area contributed by atoms with Crippen molar-refractivity contribution in [1.29, 1.82) is 0 Å². The molecule has 21 heavy (non-hydrogen) atoms. The molecule has 1 aromatic carbocycles. The molecular formula is C14H16ClNO5. The molecule has 0 aromatic heterocycles. The molecule has 7 heteroatoms. The quantitative estimate of drug-likeness (QED) is 0.856. The predicted octanol–water partition coefficient (Wildman–Crippen LogP) is 1.32. The normalized spacial score (nSPS) is 24.6. The molecule has 0 aliphatic carbocycles. The van der Waals surface area contributed by atoms with Crippen molar-refractivity contribution in [1.82, 2.24) is 5.32 Å². The number of carbonyl (C=O) groups excluding carboxylic acids is 1. The van der Waals surface area contributed by atoms with Gasteiger partial charge in [-0.2, -0.15) is 0 Å². The molecule has 0 bridgehead atoms. The van der Waals surface area contributed by atoms with E-state index in [4.69, 9.17) is 21.1 Å². The Morgan fingerprint density at radius 2 is 2.24 bits per heavy atom. The van der Waals surface area contributed by atoms with E-state index in [1.807, 2.05) is 0 Å². The van der Waals surface area contributed by atoms with E-state index in [0.29, 0.717) is 10.8 Å². The first-order valence-electron chi connectivity index (χ1n) is 6.41. The van der Waals surface area contributed by atoms with Crippen LogP contribution in [0.25, 0.3) is 0 Å². The van der Waals surface area contributed by atoms with E-state index >= 15 is 0 Å². The van der Waals surface area contributed by atoms with E-state index in [1.165, 1.54) is 0 Å². The minimum atomic E-state index is -1.12. The van der Waals surface area contributed by atoms with Gasteiger partial charge in [0.15, 0.2) is 6.61 Å². The third kappa shape index (κ3) is 3.46. The fourth-order valence-electron chi connectivity index (χ4n) is 2.03. The van der Waals surface area contributed by atoms with Crippen molar-refractivity contribution in [3.05, 3.63) is 29.3 Å².